The Hall–Kier alpha value is -2.58. The SMILES string of the molecule is CCOC(=O)COc1cccc(NC(=O)c2ccc(Cl)c(S(C)(=O)=O)c2)c1. The molecule has 1 N–H and O–H groups in total. The first-order valence-corrected chi connectivity index (χ1v) is 10.2. The summed E-state index contributed by atoms with van der Waals surface area (Å²) >= 11 is 5.88. The highest BCUT2D eigenvalue weighted by Gasteiger charge is 2.16. The number of carbonyl (C=O) groups is 2. The van der Waals surface area contributed by atoms with E-state index in [2.05, 4.69) is 5.32 Å². The smallest absolute Gasteiger partial charge is 0.344 e. The van der Waals surface area contributed by atoms with Gasteiger partial charge in [-0.15, -0.1) is 0 Å². The van der Waals surface area contributed by atoms with E-state index in [0.29, 0.717) is 11.4 Å². The molecule has 0 aromatic heterocycles. The topological polar surface area (TPSA) is 98.8 Å². The van der Waals surface area contributed by atoms with Crippen LogP contribution in [0.2, 0.25) is 5.02 Å². The van der Waals surface area contributed by atoms with Gasteiger partial charge in [0.05, 0.1) is 16.5 Å². The van der Waals surface area contributed by atoms with E-state index in [0.717, 1.165) is 6.26 Å². The molecule has 0 radical (unpaired) electrons. The van der Waals surface area contributed by atoms with Gasteiger partial charge in [-0.1, -0.05) is 17.7 Å². The number of amides is 1. The van der Waals surface area contributed by atoms with Crippen LogP contribution in [0.3, 0.4) is 0 Å². The molecule has 0 heterocycles. The van der Waals surface area contributed by atoms with Crippen molar-refractivity contribution in [2.24, 2.45) is 0 Å². The molecule has 0 atom stereocenters. The normalized spacial score (nSPS) is 10.9. The van der Waals surface area contributed by atoms with Gasteiger partial charge in [0, 0.05) is 23.6 Å². The highest BCUT2D eigenvalue weighted by atomic mass is 35.5. The molecule has 9 heteroatoms. The average Bonchev–Trinajstić information content (AvgIpc) is 2.60. The minimum Gasteiger partial charge on any atom is -0.482 e. The Morgan fingerprint density at radius 1 is 1.15 bits per heavy atom. The van der Waals surface area contributed by atoms with Crippen LogP contribution in [0.25, 0.3) is 0 Å². The minimum absolute atomic E-state index is 0.0448. The van der Waals surface area contributed by atoms with Gasteiger partial charge in [-0.25, -0.2) is 13.2 Å². The van der Waals surface area contributed by atoms with Gasteiger partial charge in [0.2, 0.25) is 0 Å². The zero-order valence-corrected chi connectivity index (χ0v) is 16.3. The molecule has 0 aliphatic rings. The molecule has 2 rings (SSSR count). The van der Waals surface area contributed by atoms with E-state index in [1.165, 1.54) is 24.3 Å². The molecule has 2 aromatic rings. The summed E-state index contributed by atoms with van der Waals surface area (Å²) in [5, 5.41) is 2.68. The highest BCUT2D eigenvalue weighted by molar-refractivity contribution is 7.90. The largest absolute Gasteiger partial charge is 0.482 e. The van der Waals surface area contributed by atoms with Gasteiger partial charge in [0.15, 0.2) is 16.4 Å². The van der Waals surface area contributed by atoms with Crippen molar-refractivity contribution in [2.75, 3.05) is 24.8 Å². The Labute approximate surface area is 162 Å². The van der Waals surface area contributed by atoms with Crippen molar-refractivity contribution in [1.29, 1.82) is 0 Å². The Morgan fingerprint density at radius 3 is 2.56 bits per heavy atom. The van der Waals surface area contributed by atoms with Gasteiger partial charge in [-0.2, -0.15) is 0 Å². The number of anilines is 1. The molecular weight excluding hydrogens is 394 g/mol. The molecule has 0 spiro atoms. The fourth-order valence-electron chi connectivity index (χ4n) is 2.14. The van der Waals surface area contributed by atoms with Crippen LogP contribution >= 0.6 is 11.6 Å². The second-order valence-corrected chi connectivity index (χ2v) is 7.88. The first-order valence-electron chi connectivity index (χ1n) is 7.90. The number of hydrogen-bond donors (Lipinski definition) is 1. The van der Waals surface area contributed by atoms with Crippen LogP contribution in [0.4, 0.5) is 5.69 Å². The summed E-state index contributed by atoms with van der Waals surface area (Å²) in [6.45, 7) is 1.70. The molecule has 0 unspecified atom stereocenters. The van der Waals surface area contributed by atoms with Crippen molar-refractivity contribution in [1.82, 2.24) is 0 Å². The van der Waals surface area contributed by atoms with Gasteiger partial charge in [-0.3, -0.25) is 4.79 Å². The third-order valence-electron chi connectivity index (χ3n) is 3.35. The number of ether oxygens (including phenoxy) is 2. The molecule has 0 saturated carbocycles. The zero-order valence-electron chi connectivity index (χ0n) is 14.7. The van der Waals surface area contributed by atoms with Crippen molar-refractivity contribution in [3.63, 3.8) is 0 Å². The lowest BCUT2D eigenvalue weighted by atomic mass is 10.2. The van der Waals surface area contributed by atoms with E-state index >= 15 is 0 Å². The van der Waals surface area contributed by atoms with Crippen LogP contribution in [0.5, 0.6) is 5.75 Å². The standard InChI is InChI=1S/C18H18ClNO6S/c1-3-25-17(21)11-26-14-6-4-5-13(10-14)20-18(22)12-7-8-15(19)16(9-12)27(2,23)24/h4-10H,3,11H2,1-2H3,(H,20,22). The highest BCUT2D eigenvalue weighted by Crippen LogP contribution is 2.24. The van der Waals surface area contributed by atoms with E-state index in [1.54, 1.807) is 25.1 Å². The van der Waals surface area contributed by atoms with Crippen LogP contribution in [-0.2, 0) is 19.4 Å². The Kier molecular flexibility index (Phi) is 6.81. The van der Waals surface area contributed by atoms with Gasteiger partial charge in [-0.05, 0) is 37.3 Å². The van der Waals surface area contributed by atoms with E-state index in [-0.39, 0.29) is 28.7 Å². The first kappa shape index (κ1) is 20.7. The van der Waals surface area contributed by atoms with Gasteiger partial charge >= 0.3 is 5.97 Å². The number of sulfone groups is 1. The first-order chi connectivity index (χ1) is 12.7. The summed E-state index contributed by atoms with van der Waals surface area (Å²) in [5.74, 6) is -0.644. The van der Waals surface area contributed by atoms with Crippen molar-refractivity contribution < 1.29 is 27.5 Å². The summed E-state index contributed by atoms with van der Waals surface area (Å²) in [4.78, 5) is 23.6. The summed E-state index contributed by atoms with van der Waals surface area (Å²) in [6, 6.07) is 10.4. The summed E-state index contributed by atoms with van der Waals surface area (Å²) in [5.41, 5.74) is 0.551. The lowest BCUT2D eigenvalue weighted by molar-refractivity contribution is -0.145. The second kappa shape index (κ2) is 8.88. The van der Waals surface area contributed by atoms with Crippen LogP contribution in [-0.4, -0.2) is 39.8 Å². The fraction of sp³-hybridized carbons (Fsp3) is 0.222. The summed E-state index contributed by atoms with van der Waals surface area (Å²) < 4.78 is 33.5. The quantitative estimate of drug-likeness (QED) is 0.703. The molecule has 0 bridgehead atoms. The van der Waals surface area contributed by atoms with Gasteiger partial charge in [0.1, 0.15) is 5.75 Å². The Morgan fingerprint density at radius 2 is 1.89 bits per heavy atom. The number of esters is 1. The van der Waals surface area contributed by atoms with Crippen LogP contribution in [0, 0.1) is 0 Å². The maximum atomic E-state index is 12.4. The minimum atomic E-state index is -3.57. The van der Waals surface area contributed by atoms with E-state index in [1.807, 2.05) is 0 Å². The third-order valence-corrected chi connectivity index (χ3v) is 4.93. The zero-order chi connectivity index (χ0) is 20.0. The second-order valence-electron chi connectivity index (χ2n) is 5.49. The van der Waals surface area contributed by atoms with E-state index in [9.17, 15) is 18.0 Å². The van der Waals surface area contributed by atoms with Gasteiger partial charge < -0.3 is 14.8 Å². The number of hydrogen-bond acceptors (Lipinski definition) is 6. The van der Waals surface area contributed by atoms with E-state index in [4.69, 9.17) is 21.1 Å². The van der Waals surface area contributed by atoms with Crippen molar-refractivity contribution in [3.8, 4) is 5.75 Å². The predicted molar refractivity (Wildman–Crippen MR) is 101 cm³/mol. The number of benzene rings is 2. The molecule has 7 nitrogen and oxygen atoms in total. The number of carbonyl (C=O) groups excluding carboxylic acids is 2. The Balaban J connectivity index is 2.12. The molecule has 1 amide bonds. The Bertz CT molecular complexity index is 958. The molecule has 0 fully saturated rings. The predicted octanol–water partition coefficient (Wildman–Crippen LogP) is 2.94. The monoisotopic (exact) mass is 411 g/mol. The molecule has 2 aromatic carbocycles. The third kappa shape index (κ3) is 5.97. The van der Waals surface area contributed by atoms with Crippen LogP contribution in [0.1, 0.15) is 17.3 Å². The maximum Gasteiger partial charge on any atom is 0.344 e. The van der Waals surface area contributed by atoms with Crippen LogP contribution in [0.15, 0.2) is 47.4 Å². The van der Waals surface area contributed by atoms with E-state index < -0.39 is 21.7 Å². The lowest BCUT2D eigenvalue weighted by Gasteiger charge is -2.10. The molecule has 144 valence electrons. The van der Waals surface area contributed by atoms with Crippen molar-refractivity contribution >= 4 is 39.0 Å². The van der Waals surface area contributed by atoms with Gasteiger partial charge in [0.25, 0.3) is 5.91 Å². The lowest BCUT2D eigenvalue weighted by Crippen LogP contribution is -2.15. The summed E-state index contributed by atoms with van der Waals surface area (Å²) in [7, 11) is -3.57. The van der Waals surface area contributed by atoms with Crippen molar-refractivity contribution in [3.05, 3.63) is 53.1 Å². The number of rotatable bonds is 7. The molecule has 0 aliphatic carbocycles. The van der Waals surface area contributed by atoms with Crippen molar-refractivity contribution in [2.45, 2.75) is 11.8 Å². The fourth-order valence-corrected chi connectivity index (χ4v) is 3.44. The number of nitrogens with one attached hydrogen (secondary N) is 1. The van der Waals surface area contributed by atoms with Crippen LogP contribution < -0.4 is 10.1 Å². The summed E-state index contributed by atoms with van der Waals surface area (Å²) in [6.07, 6.45) is 1.01. The molecule has 0 aliphatic heterocycles. The maximum absolute atomic E-state index is 12.4. The average molecular weight is 412 g/mol. The molecule has 27 heavy (non-hydrogen) atoms. The molecule has 0 saturated heterocycles. The molecular formula is C18H18ClNO6S. The number of halogens is 1.